The van der Waals surface area contributed by atoms with Crippen molar-refractivity contribution in [1.82, 2.24) is 10.6 Å². The van der Waals surface area contributed by atoms with Gasteiger partial charge in [0.2, 0.25) is 17.7 Å². The van der Waals surface area contributed by atoms with Crippen molar-refractivity contribution >= 4 is 17.7 Å². The molecule has 1 aliphatic heterocycles. The van der Waals surface area contributed by atoms with Crippen LogP contribution in [-0.2, 0) is 19.1 Å². The fourth-order valence-electron chi connectivity index (χ4n) is 1.74. The van der Waals surface area contributed by atoms with Crippen molar-refractivity contribution < 1.29 is 19.1 Å². The lowest BCUT2D eigenvalue weighted by atomic mass is 10.0. The molecule has 0 aromatic heterocycles. The predicted molar refractivity (Wildman–Crippen MR) is 60.0 cm³/mol. The first kappa shape index (κ1) is 13.6. The first-order valence-electron chi connectivity index (χ1n) is 5.65. The number of hydrogen-bond acceptors (Lipinski definition) is 4. The van der Waals surface area contributed by atoms with Gasteiger partial charge in [0.05, 0.1) is 0 Å². The lowest BCUT2D eigenvalue weighted by Crippen LogP contribution is -2.52. The summed E-state index contributed by atoms with van der Waals surface area (Å²) in [5.74, 6) is -0.792. The highest BCUT2D eigenvalue weighted by Crippen LogP contribution is 2.06. The van der Waals surface area contributed by atoms with Crippen LogP contribution < -0.4 is 10.6 Å². The molecule has 1 saturated heterocycles. The summed E-state index contributed by atoms with van der Waals surface area (Å²) in [4.78, 5) is 33.9. The summed E-state index contributed by atoms with van der Waals surface area (Å²) in [6, 6.07) is -0.588. The number of piperidine rings is 1. The zero-order chi connectivity index (χ0) is 12.8. The molecule has 0 bridgehead atoms. The first-order valence-corrected chi connectivity index (χ1v) is 5.65. The molecule has 3 amide bonds. The van der Waals surface area contributed by atoms with E-state index < -0.39 is 11.9 Å². The van der Waals surface area contributed by atoms with Crippen molar-refractivity contribution in [3.05, 3.63) is 0 Å². The van der Waals surface area contributed by atoms with Gasteiger partial charge < -0.3 is 10.1 Å². The molecule has 0 aliphatic carbocycles. The van der Waals surface area contributed by atoms with Gasteiger partial charge in [0.25, 0.3) is 0 Å². The first-order chi connectivity index (χ1) is 8.02. The topological polar surface area (TPSA) is 84.5 Å². The molecule has 96 valence electrons. The van der Waals surface area contributed by atoms with Gasteiger partial charge in [-0.3, -0.25) is 19.7 Å². The minimum atomic E-state index is -0.588. The molecule has 6 heteroatoms. The minimum absolute atomic E-state index is 0.105. The largest absolute Gasteiger partial charge is 0.384 e. The Morgan fingerprint density at radius 1 is 1.59 bits per heavy atom. The van der Waals surface area contributed by atoms with Gasteiger partial charge >= 0.3 is 0 Å². The standard InChI is InChI=1S/C11H18N2O4/c1-7(6-17-2)5-10(15)12-8-3-4-9(14)13-11(8)16/h7-8H,3-6H2,1-2H3,(H,12,15)(H,13,14,16). The third-order valence-electron chi connectivity index (χ3n) is 2.56. The Bertz CT molecular complexity index is 317. The van der Waals surface area contributed by atoms with E-state index in [4.69, 9.17) is 4.74 Å². The molecular weight excluding hydrogens is 224 g/mol. The van der Waals surface area contributed by atoms with Crippen molar-refractivity contribution in [2.45, 2.75) is 32.2 Å². The molecule has 0 radical (unpaired) electrons. The second-order valence-corrected chi connectivity index (χ2v) is 4.34. The summed E-state index contributed by atoms with van der Waals surface area (Å²) in [6.45, 7) is 2.40. The van der Waals surface area contributed by atoms with Crippen LogP contribution in [0.5, 0.6) is 0 Å². The molecule has 17 heavy (non-hydrogen) atoms. The Morgan fingerprint density at radius 2 is 2.29 bits per heavy atom. The van der Waals surface area contributed by atoms with Gasteiger partial charge in [0.15, 0.2) is 0 Å². The fraction of sp³-hybridized carbons (Fsp3) is 0.727. The van der Waals surface area contributed by atoms with E-state index in [0.717, 1.165) is 0 Å². The number of carbonyl (C=O) groups excluding carboxylic acids is 3. The summed E-state index contributed by atoms with van der Waals surface area (Å²) >= 11 is 0. The summed E-state index contributed by atoms with van der Waals surface area (Å²) in [6.07, 6.45) is 0.949. The van der Waals surface area contributed by atoms with Gasteiger partial charge in [-0.05, 0) is 12.3 Å². The molecule has 0 saturated carbocycles. The van der Waals surface area contributed by atoms with E-state index >= 15 is 0 Å². The van der Waals surface area contributed by atoms with Crippen LogP contribution in [0.4, 0.5) is 0 Å². The normalized spacial score (nSPS) is 21.9. The maximum atomic E-state index is 11.6. The van der Waals surface area contributed by atoms with Gasteiger partial charge in [0.1, 0.15) is 6.04 Å². The minimum Gasteiger partial charge on any atom is -0.384 e. The van der Waals surface area contributed by atoms with E-state index in [1.54, 1.807) is 7.11 Å². The number of rotatable bonds is 5. The molecule has 2 N–H and O–H groups in total. The van der Waals surface area contributed by atoms with Crippen LogP contribution >= 0.6 is 0 Å². The van der Waals surface area contributed by atoms with Crippen molar-refractivity contribution in [3.63, 3.8) is 0 Å². The smallest absolute Gasteiger partial charge is 0.249 e. The second kappa shape index (κ2) is 6.34. The Hall–Kier alpha value is -1.43. The Kier molecular flexibility index (Phi) is 5.09. The highest BCUT2D eigenvalue weighted by atomic mass is 16.5. The van der Waals surface area contributed by atoms with E-state index in [-0.39, 0.29) is 24.2 Å². The molecule has 1 aliphatic rings. The number of methoxy groups -OCH3 is 1. The Balaban J connectivity index is 2.35. The number of hydrogen-bond donors (Lipinski definition) is 2. The van der Waals surface area contributed by atoms with E-state index in [9.17, 15) is 14.4 Å². The lowest BCUT2D eigenvalue weighted by molar-refractivity contribution is -0.137. The van der Waals surface area contributed by atoms with E-state index in [1.807, 2.05) is 6.92 Å². The van der Waals surface area contributed by atoms with Crippen LogP contribution in [0.25, 0.3) is 0 Å². The van der Waals surface area contributed by atoms with Gasteiger partial charge in [0, 0.05) is 26.6 Å². The Labute approximate surface area is 100 Å². The molecule has 2 atom stereocenters. The van der Waals surface area contributed by atoms with Crippen LogP contribution in [0.1, 0.15) is 26.2 Å². The molecule has 0 spiro atoms. The van der Waals surface area contributed by atoms with Crippen LogP contribution in [0.3, 0.4) is 0 Å². The van der Waals surface area contributed by atoms with Gasteiger partial charge in [-0.15, -0.1) is 0 Å². The van der Waals surface area contributed by atoms with E-state index in [0.29, 0.717) is 19.4 Å². The van der Waals surface area contributed by atoms with E-state index in [2.05, 4.69) is 10.6 Å². The fourth-order valence-corrected chi connectivity index (χ4v) is 1.74. The molecule has 1 fully saturated rings. The monoisotopic (exact) mass is 242 g/mol. The highest BCUT2D eigenvalue weighted by molar-refractivity contribution is 6.01. The van der Waals surface area contributed by atoms with Gasteiger partial charge in [-0.1, -0.05) is 6.92 Å². The van der Waals surface area contributed by atoms with Crippen LogP contribution in [0, 0.1) is 5.92 Å². The summed E-state index contributed by atoms with van der Waals surface area (Å²) in [5.41, 5.74) is 0. The van der Waals surface area contributed by atoms with Crippen molar-refractivity contribution in [2.24, 2.45) is 5.92 Å². The number of nitrogens with one attached hydrogen (secondary N) is 2. The van der Waals surface area contributed by atoms with Crippen LogP contribution in [0.15, 0.2) is 0 Å². The summed E-state index contributed by atoms with van der Waals surface area (Å²) < 4.78 is 4.93. The zero-order valence-corrected chi connectivity index (χ0v) is 10.1. The molecule has 0 aromatic carbocycles. The van der Waals surface area contributed by atoms with Gasteiger partial charge in [-0.25, -0.2) is 0 Å². The number of amides is 3. The third-order valence-corrected chi connectivity index (χ3v) is 2.56. The maximum Gasteiger partial charge on any atom is 0.249 e. The highest BCUT2D eigenvalue weighted by Gasteiger charge is 2.27. The average Bonchev–Trinajstić information content (AvgIpc) is 2.22. The average molecular weight is 242 g/mol. The van der Waals surface area contributed by atoms with Crippen molar-refractivity contribution in [2.75, 3.05) is 13.7 Å². The molecule has 1 heterocycles. The van der Waals surface area contributed by atoms with Crippen molar-refractivity contribution in [3.8, 4) is 0 Å². The van der Waals surface area contributed by atoms with Crippen LogP contribution in [0.2, 0.25) is 0 Å². The van der Waals surface area contributed by atoms with Crippen molar-refractivity contribution in [1.29, 1.82) is 0 Å². The number of carbonyl (C=O) groups is 3. The summed E-state index contributed by atoms with van der Waals surface area (Å²) in [7, 11) is 1.58. The zero-order valence-electron chi connectivity index (χ0n) is 10.1. The number of ether oxygens (including phenoxy) is 1. The molecular formula is C11H18N2O4. The maximum absolute atomic E-state index is 11.6. The van der Waals surface area contributed by atoms with Crippen LogP contribution in [-0.4, -0.2) is 37.5 Å². The second-order valence-electron chi connectivity index (χ2n) is 4.34. The SMILES string of the molecule is COCC(C)CC(=O)NC1CCC(=O)NC1=O. The number of imide groups is 1. The molecule has 0 aromatic rings. The lowest BCUT2D eigenvalue weighted by Gasteiger charge is -2.22. The third kappa shape index (κ3) is 4.52. The quantitative estimate of drug-likeness (QED) is 0.641. The van der Waals surface area contributed by atoms with E-state index in [1.165, 1.54) is 0 Å². The molecule has 6 nitrogen and oxygen atoms in total. The Morgan fingerprint density at radius 3 is 2.88 bits per heavy atom. The summed E-state index contributed by atoms with van der Waals surface area (Å²) in [5, 5.41) is 4.82. The molecule has 1 rings (SSSR count). The predicted octanol–water partition coefficient (Wildman–Crippen LogP) is -0.420. The molecule has 2 unspecified atom stereocenters. The van der Waals surface area contributed by atoms with Gasteiger partial charge in [-0.2, -0.15) is 0 Å².